The maximum atomic E-state index is 11.1. The van der Waals surface area contributed by atoms with Crippen LogP contribution in [0.25, 0.3) is 0 Å². The molecule has 0 heterocycles. The SMILES string of the molecule is COc1c(C)ccc(C(C)C)c1C(N)C(=O)O. The van der Waals surface area contributed by atoms with Crippen molar-refractivity contribution in [2.75, 3.05) is 7.11 Å². The average molecular weight is 237 g/mol. The summed E-state index contributed by atoms with van der Waals surface area (Å²) in [7, 11) is 1.53. The van der Waals surface area contributed by atoms with Crippen molar-refractivity contribution in [3.8, 4) is 5.75 Å². The Morgan fingerprint density at radius 2 is 2.00 bits per heavy atom. The number of aliphatic carboxylic acids is 1. The van der Waals surface area contributed by atoms with Crippen molar-refractivity contribution in [2.45, 2.75) is 32.7 Å². The summed E-state index contributed by atoms with van der Waals surface area (Å²) < 4.78 is 5.29. The minimum Gasteiger partial charge on any atom is -0.496 e. The fraction of sp³-hybridized carbons (Fsp3) is 0.462. The third-order valence-electron chi connectivity index (χ3n) is 2.83. The van der Waals surface area contributed by atoms with Crippen LogP contribution in [0.4, 0.5) is 0 Å². The summed E-state index contributed by atoms with van der Waals surface area (Å²) in [5.74, 6) is -0.271. The molecule has 0 aliphatic heterocycles. The second-order valence-electron chi connectivity index (χ2n) is 4.39. The van der Waals surface area contributed by atoms with E-state index in [2.05, 4.69) is 0 Å². The molecule has 0 radical (unpaired) electrons. The summed E-state index contributed by atoms with van der Waals surface area (Å²) in [6.07, 6.45) is 0. The monoisotopic (exact) mass is 237 g/mol. The molecule has 1 rings (SSSR count). The Morgan fingerprint density at radius 1 is 1.41 bits per heavy atom. The molecule has 0 saturated carbocycles. The fourth-order valence-corrected chi connectivity index (χ4v) is 1.94. The van der Waals surface area contributed by atoms with Crippen molar-refractivity contribution in [1.29, 1.82) is 0 Å². The Kier molecular flexibility index (Phi) is 4.12. The minimum absolute atomic E-state index is 0.199. The van der Waals surface area contributed by atoms with Crippen LogP contribution >= 0.6 is 0 Å². The Labute approximate surface area is 101 Å². The molecule has 1 aromatic carbocycles. The summed E-state index contributed by atoms with van der Waals surface area (Å²) in [4.78, 5) is 11.1. The van der Waals surface area contributed by atoms with E-state index in [0.29, 0.717) is 11.3 Å². The van der Waals surface area contributed by atoms with E-state index in [1.165, 1.54) is 7.11 Å². The van der Waals surface area contributed by atoms with Crippen LogP contribution in [0.5, 0.6) is 5.75 Å². The maximum absolute atomic E-state index is 11.1. The Balaban J connectivity index is 3.49. The van der Waals surface area contributed by atoms with Crippen LogP contribution in [0.2, 0.25) is 0 Å². The van der Waals surface area contributed by atoms with Gasteiger partial charge < -0.3 is 15.6 Å². The summed E-state index contributed by atoms with van der Waals surface area (Å²) in [6.45, 7) is 5.88. The first-order chi connectivity index (χ1) is 7.90. The van der Waals surface area contributed by atoms with E-state index in [1.807, 2.05) is 32.9 Å². The lowest BCUT2D eigenvalue weighted by Gasteiger charge is -2.20. The molecule has 94 valence electrons. The van der Waals surface area contributed by atoms with E-state index in [4.69, 9.17) is 15.6 Å². The molecule has 4 heteroatoms. The van der Waals surface area contributed by atoms with E-state index in [9.17, 15) is 4.79 Å². The number of carboxylic acid groups (broad SMARTS) is 1. The Morgan fingerprint density at radius 3 is 2.41 bits per heavy atom. The van der Waals surface area contributed by atoms with Gasteiger partial charge in [0.15, 0.2) is 0 Å². The van der Waals surface area contributed by atoms with Gasteiger partial charge in [-0.05, 0) is 24.0 Å². The van der Waals surface area contributed by atoms with E-state index in [1.54, 1.807) is 0 Å². The van der Waals surface area contributed by atoms with Gasteiger partial charge in [-0.15, -0.1) is 0 Å². The molecule has 0 saturated heterocycles. The molecule has 1 aromatic rings. The van der Waals surface area contributed by atoms with Gasteiger partial charge in [-0.3, -0.25) is 4.79 Å². The highest BCUT2D eigenvalue weighted by Gasteiger charge is 2.24. The van der Waals surface area contributed by atoms with Crippen LogP contribution in [0.3, 0.4) is 0 Å². The van der Waals surface area contributed by atoms with Gasteiger partial charge in [0.05, 0.1) is 7.11 Å². The number of aryl methyl sites for hydroxylation is 1. The maximum Gasteiger partial charge on any atom is 0.325 e. The molecule has 3 N–H and O–H groups in total. The van der Waals surface area contributed by atoms with Gasteiger partial charge in [0.1, 0.15) is 11.8 Å². The molecule has 0 aromatic heterocycles. The van der Waals surface area contributed by atoms with E-state index >= 15 is 0 Å². The molecule has 1 atom stereocenters. The Hall–Kier alpha value is -1.55. The lowest BCUT2D eigenvalue weighted by molar-refractivity contribution is -0.138. The normalized spacial score (nSPS) is 12.6. The molecule has 1 unspecified atom stereocenters. The standard InChI is InChI=1S/C13H19NO3/c1-7(2)9-6-5-8(3)12(17-4)10(9)11(14)13(15)16/h5-7,11H,14H2,1-4H3,(H,15,16). The zero-order valence-corrected chi connectivity index (χ0v) is 10.7. The molecular weight excluding hydrogens is 218 g/mol. The highest BCUT2D eigenvalue weighted by Crippen LogP contribution is 2.34. The number of nitrogens with two attached hydrogens (primary N) is 1. The molecule has 0 aliphatic carbocycles. The number of methoxy groups -OCH3 is 1. The van der Waals surface area contributed by atoms with Gasteiger partial charge >= 0.3 is 5.97 Å². The summed E-state index contributed by atoms with van der Waals surface area (Å²) in [5.41, 5.74) is 8.13. The zero-order chi connectivity index (χ0) is 13.2. The summed E-state index contributed by atoms with van der Waals surface area (Å²) in [6, 6.07) is 2.79. The number of carboxylic acids is 1. The van der Waals surface area contributed by atoms with Crippen LogP contribution in [0.15, 0.2) is 12.1 Å². The first-order valence-electron chi connectivity index (χ1n) is 5.55. The van der Waals surface area contributed by atoms with Crippen molar-refractivity contribution < 1.29 is 14.6 Å². The van der Waals surface area contributed by atoms with Crippen LogP contribution in [0.1, 0.15) is 42.5 Å². The molecular formula is C13H19NO3. The van der Waals surface area contributed by atoms with E-state index in [-0.39, 0.29) is 5.92 Å². The van der Waals surface area contributed by atoms with Crippen molar-refractivity contribution in [1.82, 2.24) is 0 Å². The lowest BCUT2D eigenvalue weighted by atomic mass is 9.90. The van der Waals surface area contributed by atoms with Gasteiger partial charge in [-0.25, -0.2) is 0 Å². The molecule has 0 bridgehead atoms. The van der Waals surface area contributed by atoms with Gasteiger partial charge in [-0.2, -0.15) is 0 Å². The van der Waals surface area contributed by atoms with Crippen molar-refractivity contribution >= 4 is 5.97 Å². The van der Waals surface area contributed by atoms with Crippen LogP contribution < -0.4 is 10.5 Å². The van der Waals surface area contributed by atoms with Gasteiger partial charge in [0.25, 0.3) is 0 Å². The molecule has 0 amide bonds. The molecule has 0 spiro atoms. The quantitative estimate of drug-likeness (QED) is 0.842. The molecule has 17 heavy (non-hydrogen) atoms. The molecule has 4 nitrogen and oxygen atoms in total. The van der Waals surface area contributed by atoms with Crippen molar-refractivity contribution in [2.24, 2.45) is 5.73 Å². The summed E-state index contributed by atoms with van der Waals surface area (Å²) in [5, 5.41) is 9.07. The first-order valence-corrected chi connectivity index (χ1v) is 5.55. The largest absolute Gasteiger partial charge is 0.496 e. The van der Waals surface area contributed by atoms with Crippen molar-refractivity contribution in [3.63, 3.8) is 0 Å². The fourth-order valence-electron chi connectivity index (χ4n) is 1.94. The third kappa shape index (κ3) is 2.58. The minimum atomic E-state index is -1.05. The highest BCUT2D eigenvalue weighted by molar-refractivity contribution is 5.77. The van der Waals surface area contributed by atoms with Gasteiger partial charge in [0, 0.05) is 5.56 Å². The van der Waals surface area contributed by atoms with Gasteiger partial charge in [-0.1, -0.05) is 26.0 Å². The molecule has 0 fully saturated rings. The second kappa shape index (κ2) is 5.19. The van der Waals surface area contributed by atoms with E-state index < -0.39 is 12.0 Å². The average Bonchev–Trinajstić information content (AvgIpc) is 2.26. The number of hydrogen-bond donors (Lipinski definition) is 2. The smallest absolute Gasteiger partial charge is 0.325 e. The van der Waals surface area contributed by atoms with Crippen LogP contribution in [-0.4, -0.2) is 18.2 Å². The lowest BCUT2D eigenvalue weighted by Crippen LogP contribution is -2.23. The molecule has 0 aliphatic rings. The predicted molar refractivity (Wildman–Crippen MR) is 66.4 cm³/mol. The van der Waals surface area contributed by atoms with Gasteiger partial charge in [0.2, 0.25) is 0 Å². The number of benzene rings is 1. The second-order valence-corrected chi connectivity index (χ2v) is 4.39. The van der Waals surface area contributed by atoms with E-state index in [0.717, 1.165) is 11.1 Å². The van der Waals surface area contributed by atoms with Crippen molar-refractivity contribution in [3.05, 3.63) is 28.8 Å². The van der Waals surface area contributed by atoms with Crippen LogP contribution in [0, 0.1) is 6.92 Å². The zero-order valence-electron chi connectivity index (χ0n) is 10.7. The number of ether oxygens (including phenoxy) is 1. The van der Waals surface area contributed by atoms with Crippen LogP contribution in [-0.2, 0) is 4.79 Å². The topological polar surface area (TPSA) is 72.5 Å². The first kappa shape index (κ1) is 13.5. The number of rotatable bonds is 4. The third-order valence-corrected chi connectivity index (χ3v) is 2.83. The summed E-state index contributed by atoms with van der Waals surface area (Å²) >= 11 is 0. The number of hydrogen-bond acceptors (Lipinski definition) is 3. The number of carbonyl (C=O) groups is 1. The highest BCUT2D eigenvalue weighted by atomic mass is 16.5. The predicted octanol–water partition coefficient (Wildman–Crippen LogP) is 2.21. The Bertz CT molecular complexity index is 427.